The molecule has 2 aromatic rings. The lowest BCUT2D eigenvalue weighted by molar-refractivity contribution is 0.529. The number of thioether (sulfide) groups is 1. The van der Waals surface area contributed by atoms with E-state index in [0.717, 1.165) is 29.2 Å². The zero-order valence-electron chi connectivity index (χ0n) is 10.5. The van der Waals surface area contributed by atoms with Crippen molar-refractivity contribution in [3.63, 3.8) is 0 Å². The molecule has 0 bridgehead atoms. The molecule has 0 amide bonds. The Morgan fingerprint density at radius 2 is 2.28 bits per heavy atom. The van der Waals surface area contributed by atoms with Crippen molar-refractivity contribution in [2.45, 2.75) is 19.3 Å². The lowest BCUT2D eigenvalue weighted by Crippen LogP contribution is -2.12. The molecule has 0 spiro atoms. The maximum Gasteiger partial charge on any atom is 0.125 e. The second-order valence-electron chi connectivity index (χ2n) is 4.47. The van der Waals surface area contributed by atoms with Crippen LogP contribution in [0.25, 0.3) is 11.0 Å². The van der Waals surface area contributed by atoms with Gasteiger partial charge < -0.3 is 4.57 Å². The highest BCUT2D eigenvalue weighted by molar-refractivity contribution is 7.98. The van der Waals surface area contributed by atoms with E-state index in [2.05, 4.69) is 18.2 Å². The Balaban J connectivity index is 2.42. The molecule has 0 radical (unpaired) electrons. The third kappa shape index (κ3) is 2.81. The van der Waals surface area contributed by atoms with Crippen molar-refractivity contribution in [1.29, 1.82) is 0 Å². The van der Waals surface area contributed by atoms with E-state index in [1.807, 2.05) is 16.3 Å². The predicted octanol–water partition coefficient (Wildman–Crippen LogP) is 3.91. The van der Waals surface area contributed by atoms with Gasteiger partial charge in [-0.05, 0) is 36.1 Å². The maximum atomic E-state index is 13.3. The summed E-state index contributed by atoms with van der Waals surface area (Å²) >= 11 is 7.73. The van der Waals surface area contributed by atoms with Crippen LogP contribution in [0, 0.1) is 11.7 Å². The third-order valence-electron chi connectivity index (χ3n) is 2.85. The van der Waals surface area contributed by atoms with Crippen LogP contribution in [-0.2, 0) is 12.4 Å². The number of rotatable bonds is 5. The van der Waals surface area contributed by atoms with Crippen LogP contribution in [0.4, 0.5) is 4.39 Å². The maximum absolute atomic E-state index is 13.3. The molecule has 0 saturated carbocycles. The van der Waals surface area contributed by atoms with Gasteiger partial charge in [0.2, 0.25) is 0 Å². The van der Waals surface area contributed by atoms with Crippen LogP contribution < -0.4 is 0 Å². The van der Waals surface area contributed by atoms with Gasteiger partial charge in [0.05, 0.1) is 16.9 Å². The number of nitrogens with zero attached hydrogens (tertiary/aromatic N) is 2. The van der Waals surface area contributed by atoms with Gasteiger partial charge in [0.1, 0.15) is 11.6 Å². The van der Waals surface area contributed by atoms with E-state index in [1.165, 1.54) is 12.1 Å². The Morgan fingerprint density at radius 1 is 1.50 bits per heavy atom. The molecule has 1 unspecified atom stereocenters. The van der Waals surface area contributed by atoms with Crippen LogP contribution in [0.2, 0.25) is 0 Å². The molecule has 0 fully saturated rings. The molecule has 5 heteroatoms. The fraction of sp³-hybridized carbons (Fsp3) is 0.462. The Bertz CT molecular complexity index is 541. The van der Waals surface area contributed by atoms with Gasteiger partial charge >= 0.3 is 0 Å². The quantitative estimate of drug-likeness (QED) is 0.776. The van der Waals surface area contributed by atoms with Gasteiger partial charge in [-0.2, -0.15) is 11.8 Å². The normalized spacial score (nSPS) is 13.1. The molecule has 0 aliphatic carbocycles. The molecule has 0 aliphatic heterocycles. The van der Waals surface area contributed by atoms with Crippen LogP contribution in [0.1, 0.15) is 12.7 Å². The van der Waals surface area contributed by atoms with Crippen LogP contribution in [0.3, 0.4) is 0 Å². The first-order valence-electron chi connectivity index (χ1n) is 5.85. The third-order valence-corrected chi connectivity index (χ3v) is 4.00. The van der Waals surface area contributed by atoms with Crippen LogP contribution >= 0.6 is 23.4 Å². The Morgan fingerprint density at radius 3 is 2.94 bits per heavy atom. The predicted molar refractivity (Wildman–Crippen MR) is 76.8 cm³/mol. The van der Waals surface area contributed by atoms with Gasteiger partial charge in [-0.25, -0.2) is 9.37 Å². The van der Waals surface area contributed by atoms with E-state index in [0.29, 0.717) is 11.8 Å². The summed E-state index contributed by atoms with van der Waals surface area (Å²) in [6.45, 7) is 3.00. The van der Waals surface area contributed by atoms with E-state index in [9.17, 15) is 4.39 Å². The highest BCUT2D eigenvalue weighted by Gasteiger charge is 2.13. The molecule has 1 aromatic heterocycles. The van der Waals surface area contributed by atoms with Gasteiger partial charge in [-0.1, -0.05) is 6.92 Å². The molecule has 1 heterocycles. The van der Waals surface area contributed by atoms with Gasteiger partial charge in [0, 0.05) is 6.54 Å². The summed E-state index contributed by atoms with van der Waals surface area (Å²) in [5, 5.41) is 0. The van der Waals surface area contributed by atoms with Crippen molar-refractivity contribution in [1.82, 2.24) is 9.55 Å². The van der Waals surface area contributed by atoms with E-state index in [1.54, 1.807) is 6.07 Å². The van der Waals surface area contributed by atoms with Crippen molar-refractivity contribution in [2.24, 2.45) is 5.92 Å². The SMILES string of the molecule is CSCC(C)Cn1c(CCl)nc2ccc(F)cc21. The number of hydrogen-bond acceptors (Lipinski definition) is 2. The van der Waals surface area contributed by atoms with E-state index in [-0.39, 0.29) is 5.82 Å². The second kappa shape index (κ2) is 5.93. The van der Waals surface area contributed by atoms with Crippen molar-refractivity contribution in [3.05, 3.63) is 29.8 Å². The summed E-state index contributed by atoms with van der Waals surface area (Å²) in [4.78, 5) is 4.44. The first-order chi connectivity index (χ1) is 8.65. The molecule has 2 nitrogen and oxygen atoms in total. The Labute approximate surface area is 116 Å². The number of benzene rings is 1. The molecule has 0 N–H and O–H groups in total. The van der Waals surface area contributed by atoms with E-state index in [4.69, 9.17) is 11.6 Å². The van der Waals surface area contributed by atoms with Crippen LogP contribution in [0.5, 0.6) is 0 Å². The van der Waals surface area contributed by atoms with Crippen molar-refractivity contribution >= 4 is 34.4 Å². The standard InChI is InChI=1S/C13H16ClFN2S/c1-9(8-18-2)7-17-12-5-10(15)3-4-11(12)16-13(17)6-14/h3-5,9H,6-8H2,1-2H3. The summed E-state index contributed by atoms with van der Waals surface area (Å²) in [5.74, 6) is 2.49. The number of halogens is 2. The Hall–Kier alpha value is -0.740. The Kier molecular flexibility index (Phi) is 4.51. The largest absolute Gasteiger partial charge is 0.327 e. The average Bonchev–Trinajstić information content (AvgIpc) is 2.67. The van der Waals surface area contributed by atoms with Gasteiger partial charge in [0.15, 0.2) is 0 Å². The molecule has 1 atom stereocenters. The molecule has 0 saturated heterocycles. The first-order valence-corrected chi connectivity index (χ1v) is 7.78. The topological polar surface area (TPSA) is 17.8 Å². The smallest absolute Gasteiger partial charge is 0.125 e. The molecule has 1 aromatic carbocycles. The zero-order valence-corrected chi connectivity index (χ0v) is 12.1. The summed E-state index contributed by atoms with van der Waals surface area (Å²) in [6, 6.07) is 4.67. The minimum atomic E-state index is -0.234. The summed E-state index contributed by atoms with van der Waals surface area (Å²) < 4.78 is 15.4. The van der Waals surface area contributed by atoms with Crippen LogP contribution in [0.15, 0.2) is 18.2 Å². The van der Waals surface area contributed by atoms with Crippen molar-refractivity contribution < 1.29 is 4.39 Å². The number of aromatic nitrogens is 2. The van der Waals surface area contributed by atoms with Crippen LogP contribution in [-0.4, -0.2) is 21.6 Å². The molecule has 98 valence electrons. The highest BCUT2D eigenvalue weighted by atomic mass is 35.5. The minimum absolute atomic E-state index is 0.234. The minimum Gasteiger partial charge on any atom is -0.327 e. The van der Waals surface area contributed by atoms with Crippen molar-refractivity contribution in [3.8, 4) is 0 Å². The van der Waals surface area contributed by atoms with Gasteiger partial charge in [-0.3, -0.25) is 0 Å². The van der Waals surface area contributed by atoms with Gasteiger partial charge in [-0.15, -0.1) is 11.6 Å². The number of hydrogen-bond donors (Lipinski definition) is 0. The van der Waals surface area contributed by atoms with Crippen molar-refractivity contribution in [2.75, 3.05) is 12.0 Å². The zero-order chi connectivity index (χ0) is 13.1. The van der Waals surface area contributed by atoms with E-state index >= 15 is 0 Å². The van der Waals surface area contributed by atoms with E-state index < -0.39 is 0 Å². The monoisotopic (exact) mass is 286 g/mol. The summed E-state index contributed by atoms with van der Waals surface area (Å²) in [5.41, 5.74) is 1.64. The number of alkyl halides is 1. The molecule has 2 rings (SSSR count). The molecular weight excluding hydrogens is 271 g/mol. The molecule has 18 heavy (non-hydrogen) atoms. The number of imidazole rings is 1. The molecular formula is C13H16ClFN2S. The lowest BCUT2D eigenvalue weighted by Gasteiger charge is -2.13. The highest BCUT2D eigenvalue weighted by Crippen LogP contribution is 2.21. The first kappa shape index (κ1) is 13.7. The fourth-order valence-electron chi connectivity index (χ4n) is 2.10. The summed E-state index contributed by atoms with van der Waals surface area (Å²) in [6.07, 6.45) is 2.09. The average molecular weight is 287 g/mol. The second-order valence-corrected chi connectivity index (χ2v) is 5.64. The molecule has 0 aliphatic rings. The fourth-order valence-corrected chi connectivity index (χ4v) is 2.98. The van der Waals surface area contributed by atoms with Gasteiger partial charge in [0.25, 0.3) is 0 Å². The number of fused-ring (bicyclic) bond motifs is 1. The summed E-state index contributed by atoms with van der Waals surface area (Å²) in [7, 11) is 0. The lowest BCUT2D eigenvalue weighted by atomic mass is 10.2.